The summed E-state index contributed by atoms with van der Waals surface area (Å²) in [4.78, 5) is 4.75. The number of hydrogen-bond donors (Lipinski definition) is 1. The molecular weight excluding hydrogens is 281 g/mol. The van der Waals surface area contributed by atoms with E-state index in [9.17, 15) is 13.2 Å². The van der Waals surface area contributed by atoms with E-state index in [4.69, 9.17) is 5.73 Å². The van der Waals surface area contributed by atoms with Gasteiger partial charge in [0, 0.05) is 16.0 Å². The molecule has 2 N–H and O–H groups in total. The fraction of sp³-hybridized carbons (Fsp3) is 0.364. The smallest absolute Gasteiger partial charge is 0.319 e. The van der Waals surface area contributed by atoms with E-state index >= 15 is 0 Å². The Morgan fingerprint density at radius 2 is 2.17 bits per heavy atom. The summed E-state index contributed by atoms with van der Waals surface area (Å²) in [6, 6.07) is 1.43. The number of thiazole rings is 1. The first-order valence-electron chi connectivity index (χ1n) is 5.28. The average Bonchev–Trinajstić information content (AvgIpc) is 2.96. The highest BCUT2D eigenvalue weighted by Gasteiger charge is 2.35. The lowest BCUT2D eigenvalue weighted by atomic mass is 10.1. The molecule has 2 rings (SSSR count). The summed E-state index contributed by atoms with van der Waals surface area (Å²) in [6.07, 6.45) is -2.36. The third-order valence-corrected chi connectivity index (χ3v) is 4.68. The summed E-state index contributed by atoms with van der Waals surface area (Å²) < 4.78 is 37.4. The molecule has 0 radical (unpaired) electrons. The lowest BCUT2D eigenvalue weighted by Gasteiger charge is -2.09. The minimum atomic E-state index is -4.40. The second-order valence-electron chi connectivity index (χ2n) is 3.71. The monoisotopic (exact) mass is 292 g/mol. The van der Waals surface area contributed by atoms with E-state index in [0.717, 1.165) is 16.9 Å². The Labute approximate surface area is 110 Å². The van der Waals surface area contributed by atoms with E-state index in [2.05, 4.69) is 4.98 Å². The SMILES string of the molecule is CCc1ccsc1C(N)c1cnc(C(F)(F)F)s1. The van der Waals surface area contributed by atoms with E-state index in [1.54, 1.807) is 0 Å². The maximum atomic E-state index is 12.5. The molecular formula is C11H11F3N2S2. The van der Waals surface area contributed by atoms with Crippen LogP contribution in [0.4, 0.5) is 13.2 Å². The van der Waals surface area contributed by atoms with Crippen molar-refractivity contribution in [2.45, 2.75) is 25.6 Å². The van der Waals surface area contributed by atoms with Gasteiger partial charge in [0.05, 0.1) is 6.04 Å². The van der Waals surface area contributed by atoms with Crippen LogP contribution in [-0.2, 0) is 12.6 Å². The maximum Gasteiger partial charge on any atom is 0.443 e. The van der Waals surface area contributed by atoms with Crippen molar-refractivity contribution in [3.63, 3.8) is 0 Å². The number of nitrogens with zero attached hydrogens (tertiary/aromatic N) is 1. The van der Waals surface area contributed by atoms with Crippen molar-refractivity contribution >= 4 is 22.7 Å². The molecule has 0 aliphatic heterocycles. The molecule has 0 aliphatic rings. The van der Waals surface area contributed by atoms with E-state index in [0.29, 0.717) is 16.2 Å². The minimum absolute atomic E-state index is 0.444. The molecule has 1 atom stereocenters. The molecule has 0 saturated carbocycles. The third-order valence-electron chi connectivity index (χ3n) is 2.52. The zero-order valence-electron chi connectivity index (χ0n) is 9.49. The summed E-state index contributed by atoms with van der Waals surface area (Å²) in [5.41, 5.74) is 7.09. The van der Waals surface area contributed by atoms with Crippen LogP contribution >= 0.6 is 22.7 Å². The summed E-state index contributed by atoms with van der Waals surface area (Å²) >= 11 is 2.08. The zero-order valence-corrected chi connectivity index (χ0v) is 11.1. The van der Waals surface area contributed by atoms with Gasteiger partial charge in [-0.3, -0.25) is 0 Å². The number of halogens is 3. The molecule has 2 aromatic heterocycles. The Morgan fingerprint density at radius 3 is 2.72 bits per heavy atom. The second kappa shape index (κ2) is 4.99. The van der Waals surface area contributed by atoms with E-state index in [1.807, 2.05) is 18.4 Å². The highest BCUT2D eigenvalue weighted by atomic mass is 32.1. The minimum Gasteiger partial charge on any atom is -0.319 e. The van der Waals surface area contributed by atoms with Crippen LogP contribution in [0.25, 0.3) is 0 Å². The van der Waals surface area contributed by atoms with Gasteiger partial charge in [0.1, 0.15) is 0 Å². The van der Waals surface area contributed by atoms with Crippen molar-refractivity contribution in [2.24, 2.45) is 5.73 Å². The lowest BCUT2D eigenvalue weighted by molar-refractivity contribution is -0.137. The van der Waals surface area contributed by atoms with Gasteiger partial charge in [0.15, 0.2) is 5.01 Å². The Morgan fingerprint density at radius 1 is 1.44 bits per heavy atom. The molecule has 0 aromatic carbocycles. The van der Waals surface area contributed by atoms with Crippen molar-refractivity contribution in [1.82, 2.24) is 4.98 Å². The number of aromatic nitrogens is 1. The number of hydrogen-bond acceptors (Lipinski definition) is 4. The number of alkyl halides is 3. The molecule has 7 heteroatoms. The molecule has 2 aromatic rings. The Kier molecular flexibility index (Phi) is 3.74. The molecule has 98 valence electrons. The van der Waals surface area contributed by atoms with Crippen molar-refractivity contribution in [3.8, 4) is 0 Å². The molecule has 2 nitrogen and oxygen atoms in total. The zero-order chi connectivity index (χ0) is 13.3. The largest absolute Gasteiger partial charge is 0.443 e. The number of thiophene rings is 1. The number of nitrogens with two attached hydrogens (primary N) is 1. The lowest BCUT2D eigenvalue weighted by Crippen LogP contribution is -2.10. The van der Waals surface area contributed by atoms with Gasteiger partial charge < -0.3 is 5.73 Å². The average molecular weight is 292 g/mol. The topological polar surface area (TPSA) is 38.9 Å². The van der Waals surface area contributed by atoms with Crippen molar-refractivity contribution < 1.29 is 13.2 Å². The first kappa shape index (κ1) is 13.5. The van der Waals surface area contributed by atoms with Crippen LogP contribution in [0.1, 0.15) is 33.3 Å². The standard InChI is InChI=1S/C11H11F3N2S2/c1-2-6-3-4-17-9(6)8(15)7-5-16-10(18-7)11(12,13)14/h3-5,8H,2,15H2,1H3. The van der Waals surface area contributed by atoms with Crippen molar-refractivity contribution in [2.75, 3.05) is 0 Å². The van der Waals surface area contributed by atoms with Crippen LogP contribution in [0.5, 0.6) is 0 Å². The summed E-state index contributed by atoms with van der Waals surface area (Å²) in [5, 5.41) is 1.06. The van der Waals surface area contributed by atoms with Crippen LogP contribution in [0.2, 0.25) is 0 Å². The van der Waals surface area contributed by atoms with Crippen LogP contribution in [0.3, 0.4) is 0 Å². The van der Waals surface area contributed by atoms with Crippen LogP contribution < -0.4 is 5.73 Å². The highest BCUT2D eigenvalue weighted by Crippen LogP contribution is 2.37. The fourth-order valence-electron chi connectivity index (χ4n) is 1.60. The molecule has 0 saturated heterocycles. The first-order chi connectivity index (χ1) is 8.43. The van der Waals surface area contributed by atoms with E-state index in [-0.39, 0.29) is 0 Å². The van der Waals surface area contributed by atoms with Gasteiger partial charge in [-0.25, -0.2) is 4.98 Å². The summed E-state index contributed by atoms with van der Waals surface area (Å²) in [6.45, 7) is 1.99. The Balaban J connectivity index is 2.29. The quantitative estimate of drug-likeness (QED) is 0.933. The number of rotatable bonds is 3. The van der Waals surface area contributed by atoms with Crippen molar-refractivity contribution in [1.29, 1.82) is 0 Å². The normalized spacial score (nSPS) is 13.8. The molecule has 0 spiro atoms. The summed E-state index contributed by atoms with van der Waals surface area (Å²) in [5.74, 6) is 0. The Hall–Kier alpha value is -0.920. The van der Waals surface area contributed by atoms with E-state index in [1.165, 1.54) is 17.5 Å². The predicted molar refractivity (Wildman–Crippen MR) is 66.8 cm³/mol. The van der Waals surface area contributed by atoms with Gasteiger partial charge in [-0.1, -0.05) is 6.92 Å². The molecule has 18 heavy (non-hydrogen) atoms. The van der Waals surface area contributed by atoms with Crippen LogP contribution in [0, 0.1) is 0 Å². The summed E-state index contributed by atoms with van der Waals surface area (Å²) in [7, 11) is 0. The fourth-order valence-corrected chi connectivity index (χ4v) is 3.49. The van der Waals surface area contributed by atoms with Gasteiger partial charge in [0.25, 0.3) is 0 Å². The molecule has 0 amide bonds. The predicted octanol–water partition coefficient (Wildman–Crippen LogP) is 3.83. The molecule has 0 bridgehead atoms. The van der Waals surface area contributed by atoms with Gasteiger partial charge in [0.2, 0.25) is 0 Å². The Bertz CT molecular complexity index is 530. The molecule has 2 heterocycles. The first-order valence-corrected chi connectivity index (χ1v) is 6.98. The second-order valence-corrected chi connectivity index (χ2v) is 5.72. The third kappa shape index (κ3) is 2.57. The van der Waals surface area contributed by atoms with Crippen LogP contribution in [-0.4, -0.2) is 4.98 Å². The van der Waals surface area contributed by atoms with Gasteiger partial charge in [-0.2, -0.15) is 13.2 Å². The van der Waals surface area contributed by atoms with Gasteiger partial charge >= 0.3 is 6.18 Å². The van der Waals surface area contributed by atoms with Crippen LogP contribution in [0.15, 0.2) is 17.6 Å². The molecule has 1 unspecified atom stereocenters. The molecule has 0 fully saturated rings. The van der Waals surface area contributed by atoms with Gasteiger partial charge in [-0.05, 0) is 23.4 Å². The molecule has 0 aliphatic carbocycles. The maximum absolute atomic E-state index is 12.5. The van der Waals surface area contributed by atoms with Crippen molar-refractivity contribution in [3.05, 3.63) is 38.0 Å². The number of aryl methyl sites for hydroxylation is 1. The van der Waals surface area contributed by atoms with Gasteiger partial charge in [-0.15, -0.1) is 22.7 Å². The highest BCUT2D eigenvalue weighted by molar-refractivity contribution is 7.12. The van der Waals surface area contributed by atoms with E-state index < -0.39 is 17.2 Å².